The van der Waals surface area contributed by atoms with Crippen LogP contribution >= 0.6 is 11.6 Å². The molecule has 2 bridgehead atoms. The summed E-state index contributed by atoms with van der Waals surface area (Å²) in [6, 6.07) is 22.0. The third-order valence-corrected chi connectivity index (χ3v) is 14.1. The molecule has 1 amide bonds. The normalized spacial score (nSPS) is 20.9. The van der Waals surface area contributed by atoms with Crippen molar-refractivity contribution in [2.45, 2.75) is 95.6 Å². The molecule has 5 aromatic rings. The lowest BCUT2D eigenvalue weighted by molar-refractivity contribution is -0.140. The predicted octanol–water partition coefficient (Wildman–Crippen LogP) is 11.2. The largest absolute Gasteiger partial charge is 0.497 e. The summed E-state index contributed by atoms with van der Waals surface area (Å²) < 4.78 is 69.4. The number of ether oxygens (including phenoxy) is 4. The molecule has 10 nitrogen and oxygen atoms in total. The van der Waals surface area contributed by atoms with Crippen LogP contribution in [0.15, 0.2) is 101 Å². The molecule has 3 aliphatic rings. The molecule has 0 aliphatic heterocycles. The Balaban J connectivity index is 1.30. The second kappa shape index (κ2) is 20.2. The molecular weight excluding hydrogens is 887 g/mol. The molecule has 1 saturated carbocycles. The number of hydrogen-bond donors (Lipinski definition) is 2. The highest BCUT2D eigenvalue weighted by atomic mass is 35.5. The van der Waals surface area contributed by atoms with Crippen LogP contribution in [0.2, 0.25) is 5.02 Å². The number of methoxy groups -OCH3 is 4. The fraction of sp³-hybridized carbons (Fsp3) is 0.396. The Bertz CT molecular complexity index is 2640. The van der Waals surface area contributed by atoms with Gasteiger partial charge in [0.15, 0.2) is 17.3 Å². The van der Waals surface area contributed by atoms with Crippen molar-refractivity contribution in [1.82, 2.24) is 4.90 Å². The van der Waals surface area contributed by atoms with E-state index in [1.807, 2.05) is 32.0 Å². The van der Waals surface area contributed by atoms with Crippen LogP contribution in [-0.4, -0.2) is 73.5 Å². The van der Waals surface area contributed by atoms with Gasteiger partial charge >= 0.3 is 6.18 Å². The number of halogens is 4. The number of hydrogen-bond acceptors (Lipinski definition) is 9. The standard InChI is InChI=1S/C53H57ClF3NO9/c1-32-8-7-22-51(2)42(21-23-52(51,62)31-58(30-35-12-15-38(63-3)29-47(35)65-5)49(60)27-34-11-18-45(64-4)48(26-34)66-6)39-16-10-33(24-37(59)14-9-32)25-40(39)50(61)46-20-19-44(67-46)41-28-36(53(55,56)57)13-17-43(41)54/h8,10-13,15-20,25-26,28-29,37,42,59,62H,7,9,14,21-24,27,30-31H2,1-6H3. The number of aliphatic hydroxyl groups excluding tert-OH is 1. The number of fused-ring (bicyclic) bond motifs is 8. The van der Waals surface area contributed by atoms with Gasteiger partial charge in [-0.15, -0.1) is 0 Å². The van der Waals surface area contributed by atoms with E-state index < -0.39 is 40.6 Å². The summed E-state index contributed by atoms with van der Waals surface area (Å²) in [6.07, 6.45) is -0.00936. The minimum absolute atomic E-state index is 0.0108. The highest BCUT2D eigenvalue weighted by Crippen LogP contribution is 2.59. The van der Waals surface area contributed by atoms with Crippen LogP contribution < -0.4 is 18.9 Å². The highest BCUT2D eigenvalue weighted by molar-refractivity contribution is 6.33. The van der Waals surface area contributed by atoms with Gasteiger partial charge in [0, 0.05) is 34.7 Å². The average molecular weight is 944 g/mol. The number of nitrogens with zero attached hydrogens (tertiary/aromatic N) is 1. The molecule has 1 aromatic heterocycles. The number of furan rings is 1. The number of aliphatic hydroxyl groups is 2. The van der Waals surface area contributed by atoms with Gasteiger partial charge in [0.25, 0.3) is 0 Å². The highest BCUT2D eigenvalue weighted by Gasteiger charge is 2.57. The van der Waals surface area contributed by atoms with Crippen molar-refractivity contribution in [2.24, 2.45) is 5.41 Å². The fourth-order valence-corrected chi connectivity index (χ4v) is 10.0. The predicted molar refractivity (Wildman–Crippen MR) is 249 cm³/mol. The zero-order chi connectivity index (χ0) is 48.3. The van der Waals surface area contributed by atoms with E-state index in [1.54, 1.807) is 55.5 Å². The topological polar surface area (TPSA) is 128 Å². The SMILES string of the molecule is COc1ccc(CN(CC2(O)CCC3c4ccc(cc4C(=O)c4ccc(-c5cc(C(F)(F)F)ccc5Cl)o4)CC(O)CCC(C)=CCCC32C)C(=O)Cc2ccc(OC)c(OC)c2)c(OC)c1. The number of carbonyl (C=O) groups is 2. The Morgan fingerprint density at radius 1 is 0.866 bits per heavy atom. The van der Waals surface area contributed by atoms with Crippen molar-refractivity contribution in [3.8, 4) is 34.3 Å². The van der Waals surface area contributed by atoms with Gasteiger partial charge < -0.3 is 38.5 Å². The lowest BCUT2D eigenvalue weighted by Gasteiger charge is -2.46. The number of allylic oxidation sites excluding steroid dienone is 2. The third-order valence-electron chi connectivity index (χ3n) is 13.8. The molecule has 4 unspecified atom stereocenters. The summed E-state index contributed by atoms with van der Waals surface area (Å²) in [5.74, 6) is 0.765. The number of rotatable bonds is 13. The molecule has 4 atom stereocenters. The molecule has 67 heavy (non-hydrogen) atoms. The monoisotopic (exact) mass is 943 g/mol. The van der Waals surface area contributed by atoms with Crippen molar-refractivity contribution >= 4 is 23.3 Å². The van der Waals surface area contributed by atoms with E-state index in [9.17, 15) is 33.0 Å². The number of carbonyl (C=O) groups excluding carboxylic acids is 2. The molecule has 3 aliphatic carbocycles. The van der Waals surface area contributed by atoms with Gasteiger partial charge in [-0.1, -0.05) is 48.4 Å². The number of ketones is 1. The maximum Gasteiger partial charge on any atom is 0.416 e. The second-order valence-electron chi connectivity index (χ2n) is 17.9. The Morgan fingerprint density at radius 2 is 1.63 bits per heavy atom. The van der Waals surface area contributed by atoms with Gasteiger partial charge in [-0.05, 0) is 135 Å². The van der Waals surface area contributed by atoms with E-state index in [4.69, 9.17) is 35.0 Å². The van der Waals surface area contributed by atoms with Crippen LogP contribution in [-0.2, 0) is 30.4 Å². The van der Waals surface area contributed by atoms with Gasteiger partial charge in [-0.3, -0.25) is 9.59 Å². The summed E-state index contributed by atoms with van der Waals surface area (Å²) in [5, 5.41) is 24.5. The molecule has 0 radical (unpaired) electrons. The van der Waals surface area contributed by atoms with E-state index in [0.29, 0.717) is 77.4 Å². The van der Waals surface area contributed by atoms with Crippen molar-refractivity contribution in [3.05, 3.63) is 141 Å². The summed E-state index contributed by atoms with van der Waals surface area (Å²) in [6.45, 7) is 4.09. The lowest BCUT2D eigenvalue weighted by Crippen LogP contribution is -2.53. The fourth-order valence-electron chi connectivity index (χ4n) is 9.84. The first-order chi connectivity index (χ1) is 31.9. The molecular formula is C53H57ClF3NO9. The second-order valence-corrected chi connectivity index (χ2v) is 18.3. The molecule has 1 heterocycles. The van der Waals surface area contributed by atoms with Crippen molar-refractivity contribution in [1.29, 1.82) is 0 Å². The Kier molecular flexibility index (Phi) is 14.8. The summed E-state index contributed by atoms with van der Waals surface area (Å²) in [4.78, 5) is 31.3. The van der Waals surface area contributed by atoms with E-state index in [0.717, 1.165) is 23.8 Å². The molecule has 0 spiro atoms. The third kappa shape index (κ3) is 10.5. The number of alkyl halides is 3. The van der Waals surface area contributed by atoms with E-state index in [1.165, 1.54) is 26.4 Å². The Labute approximate surface area is 394 Å². The first-order valence-corrected chi connectivity index (χ1v) is 22.7. The van der Waals surface area contributed by atoms with Crippen molar-refractivity contribution < 1.29 is 56.3 Å². The van der Waals surface area contributed by atoms with Gasteiger partial charge in [0.1, 0.15) is 17.3 Å². The van der Waals surface area contributed by atoms with Crippen LogP contribution in [0.5, 0.6) is 23.0 Å². The van der Waals surface area contributed by atoms with Crippen LogP contribution in [0.4, 0.5) is 13.2 Å². The maximum absolute atomic E-state index is 14.8. The van der Waals surface area contributed by atoms with Gasteiger partial charge in [0.2, 0.25) is 11.7 Å². The van der Waals surface area contributed by atoms with E-state index in [-0.39, 0.29) is 65.9 Å². The molecule has 0 saturated heterocycles. The van der Waals surface area contributed by atoms with Gasteiger partial charge in [0.05, 0.1) is 63.7 Å². The summed E-state index contributed by atoms with van der Waals surface area (Å²) in [5.41, 5.74) is 0.774. The first kappa shape index (κ1) is 49.2. The molecule has 2 N–H and O–H groups in total. The van der Waals surface area contributed by atoms with Crippen LogP contribution in [0.3, 0.4) is 0 Å². The Morgan fingerprint density at radius 3 is 2.34 bits per heavy atom. The first-order valence-electron chi connectivity index (χ1n) is 22.3. The van der Waals surface area contributed by atoms with Crippen molar-refractivity contribution in [2.75, 3.05) is 35.0 Å². The van der Waals surface area contributed by atoms with Crippen LogP contribution in [0.1, 0.15) is 102 Å². The maximum atomic E-state index is 14.8. The Hall–Kier alpha value is -5.76. The molecule has 8 rings (SSSR count). The number of benzene rings is 4. The smallest absolute Gasteiger partial charge is 0.416 e. The van der Waals surface area contributed by atoms with Gasteiger partial charge in [-0.2, -0.15) is 13.2 Å². The molecule has 1 fully saturated rings. The quantitative estimate of drug-likeness (QED) is 0.0876. The molecule has 4 aromatic carbocycles. The number of amides is 1. The minimum Gasteiger partial charge on any atom is -0.497 e. The zero-order valence-corrected chi connectivity index (χ0v) is 39.4. The van der Waals surface area contributed by atoms with Crippen LogP contribution in [0, 0.1) is 5.41 Å². The molecule has 14 heteroatoms. The zero-order valence-electron chi connectivity index (χ0n) is 38.6. The summed E-state index contributed by atoms with van der Waals surface area (Å²) >= 11 is 6.38. The van der Waals surface area contributed by atoms with E-state index in [2.05, 4.69) is 6.08 Å². The van der Waals surface area contributed by atoms with Crippen LogP contribution in [0.25, 0.3) is 11.3 Å². The van der Waals surface area contributed by atoms with E-state index >= 15 is 0 Å². The minimum atomic E-state index is -4.63. The van der Waals surface area contributed by atoms with Gasteiger partial charge in [-0.25, -0.2) is 0 Å². The lowest BCUT2D eigenvalue weighted by atomic mass is 9.64. The van der Waals surface area contributed by atoms with Crippen molar-refractivity contribution in [3.63, 3.8) is 0 Å². The molecule has 356 valence electrons. The summed E-state index contributed by atoms with van der Waals surface area (Å²) in [7, 11) is 6.17. The average Bonchev–Trinajstić information content (AvgIpc) is 3.89.